The first kappa shape index (κ1) is 10.0. The van der Waals surface area contributed by atoms with Crippen LogP contribution in [0.3, 0.4) is 0 Å². The van der Waals surface area contributed by atoms with Gasteiger partial charge in [-0.2, -0.15) is 0 Å². The van der Waals surface area contributed by atoms with Gasteiger partial charge in [-0.3, -0.25) is 0 Å². The molecule has 0 aliphatic carbocycles. The lowest BCUT2D eigenvalue weighted by Gasteiger charge is -2.12. The van der Waals surface area contributed by atoms with Crippen LogP contribution in [0.1, 0.15) is 20.3 Å². The van der Waals surface area contributed by atoms with Gasteiger partial charge in [0.05, 0.1) is 23.5 Å². The Bertz CT molecular complexity index is 462. The summed E-state index contributed by atoms with van der Waals surface area (Å²) < 4.78 is 7.73. The summed E-state index contributed by atoms with van der Waals surface area (Å²) in [5, 5.41) is 0. The topological polar surface area (TPSA) is 27.1 Å². The maximum absolute atomic E-state index is 5.73. The van der Waals surface area contributed by atoms with Crippen LogP contribution < -0.4 is 4.74 Å². The molecule has 2 aromatic rings. The molecule has 1 aromatic heterocycles. The lowest BCUT2D eigenvalue weighted by molar-refractivity contribution is 0.217. The summed E-state index contributed by atoms with van der Waals surface area (Å²) in [6, 6.07) is 6.03. The van der Waals surface area contributed by atoms with E-state index in [1.807, 2.05) is 36.1 Å². The average molecular weight is 204 g/mol. The molecule has 1 unspecified atom stereocenters. The summed E-state index contributed by atoms with van der Waals surface area (Å²) in [5.74, 6) is 0.899. The molecule has 0 fully saturated rings. The Morgan fingerprint density at radius 1 is 1.47 bits per heavy atom. The fourth-order valence-corrected chi connectivity index (χ4v) is 1.50. The van der Waals surface area contributed by atoms with Crippen molar-refractivity contribution in [2.75, 3.05) is 0 Å². The third kappa shape index (κ3) is 1.96. The van der Waals surface area contributed by atoms with Crippen molar-refractivity contribution >= 4 is 11.0 Å². The van der Waals surface area contributed by atoms with Crippen LogP contribution in [-0.4, -0.2) is 15.7 Å². The molecule has 15 heavy (non-hydrogen) atoms. The van der Waals surface area contributed by atoms with Crippen molar-refractivity contribution in [3.63, 3.8) is 0 Å². The predicted molar refractivity (Wildman–Crippen MR) is 61.1 cm³/mol. The van der Waals surface area contributed by atoms with Gasteiger partial charge in [0, 0.05) is 13.1 Å². The number of hydrogen-bond acceptors (Lipinski definition) is 2. The molecule has 0 aliphatic heterocycles. The summed E-state index contributed by atoms with van der Waals surface area (Å²) in [6.45, 7) is 4.19. The molecule has 2 rings (SSSR count). The van der Waals surface area contributed by atoms with Gasteiger partial charge in [0.15, 0.2) is 0 Å². The van der Waals surface area contributed by atoms with Crippen molar-refractivity contribution in [3.05, 3.63) is 24.5 Å². The quantitative estimate of drug-likeness (QED) is 0.768. The van der Waals surface area contributed by atoms with Gasteiger partial charge in [-0.1, -0.05) is 6.92 Å². The number of ether oxygens (including phenoxy) is 1. The number of imidazole rings is 1. The Labute approximate surface area is 89.7 Å². The van der Waals surface area contributed by atoms with Gasteiger partial charge in [0.25, 0.3) is 0 Å². The fourth-order valence-electron chi connectivity index (χ4n) is 1.50. The second-order valence-corrected chi connectivity index (χ2v) is 3.84. The molecule has 80 valence electrons. The highest BCUT2D eigenvalue weighted by molar-refractivity contribution is 5.76. The molecule has 0 spiro atoms. The van der Waals surface area contributed by atoms with E-state index in [4.69, 9.17) is 4.74 Å². The maximum Gasteiger partial charge on any atom is 0.122 e. The predicted octanol–water partition coefficient (Wildman–Crippen LogP) is 2.75. The molecule has 0 saturated carbocycles. The van der Waals surface area contributed by atoms with Crippen LogP contribution >= 0.6 is 0 Å². The minimum atomic E-state index is 0.256. The number of rotatable bonds is 3. The maximum atomic E-state index is 5.73. The van der Waals surface area contributed by atoms with E-state index in [1.54, 1.807) is 0 Å². The Morgan fingerprint density at radius 3 is 3.00 bits per heavy atom. The van der Waals surface area contributed by atoms with Gasteiger partial charge >= 0.3 is 0 Å². The zero-order chi connectivity index (χ0) is 10.8. The van der Waals surface area contributed by atoms with Crippen LogP contribution in [0.15, 0.2) is 24.5 Å². The highest BCUT2D eigenvalue weighted by Gasteiger charge is 2.04. The first-order chi connectivity index (χ1) is 7.20. The summed E-state index contributed by atoms with van der Waals surface area (Å²) in [6.07, 6.45) is 3.09. The van der Waals surface area contributed by atoms with Gasteiger partial charge < -0.3 is 9.30 Å². The van der Waals surface area contributed by atoms with Crippen molar-refractivity contribution in [2.24, 2.45) is 7.05 Å². The van der Waals surface area contributed by atoms with E-state index < -0.39 is 0 Å². The highest BCUT2D eigenvalue weighted by Crippen LogP contribution is 2.20. The third-order valence-corrected chi connectivity index (χ3v) is 2.61. The van der Waals surface area contributed by atoms with Gasteiger partial charge in [-0.25, -0.2) is 4.98 Å². The molecule has 0 bridgehead atoms. The molecule has 1 atom stereocenters. The molecule has 0 radical (unpaired) electrons. The summed E-state index contributed by atoms with van der Waals surface area (Å²) in [5.41, 5.74) is 2.12. The molecular weight excluding hydrogens is 188 g/mol. The SMILES string of the molecule is CCC(C)Oc1ccc2c(c1)ncn2C. The summed E-state index contributed by atoms with van der Waals surface area (Å²) in [7, 11) is 1.99. The van der Waals surface area contributed by atoms with E-state index in [0.717, 1.165) is 23.2 Å². The van der Waals surface area contributed by atoms with Crippen molar-refractivity contribution in [1.29, 1.82) is 0 Å². The van der Waals surface area contributed by atoms with Gasteiger partial charge in [0.2, 0.25) is 0 Å². The highest BCUT2D eigenvalue weighted by atomic mass is 16.5. The number of aryl methyl sites for hydroxylation is 1. The van der Waals surface area contributed by atoms with Crippen LogP contribution in [0.5, 0.6) is 5.75 Å². The zero-order valence-electron chi connectivity index (χ0n) is 9.40. The van der Waals surface area contributed by atoms with E-state index in [9.17, 15) is 0 Å². The standard InChI is InChI=1S/C12H16N2O/c1-4-9(2)15-10-5-6-12-11(7-10)13-8-14(12)3/h5-9H,4H2,1-3H3. The zero-order valence-corrected chi connectivity index (χ0v) is 9.40. The van der Waals surface area contributed by atoms with E-state index in [1.165, 1.54) is 0 Å². The average Bonchev–Trinajstić information content (AvgIpc) is 2.60. The molecule has 0 aliphatic rings. The van der Waals surface area contributed by atoms with Crippen molar-refractivity contribution < 1.29 is 4.74 Å². The van der Waals surface area contributed by atoms with E-state index in [-0.39, 0.29) is 6.10 Å². The molecule has 3 nitrogen and oxygen atoms in total. The number of aromatic nitrogens is 2. The summed E-state index contributed by atoms with van der Waals surface area (Å²) in [4.78, 5) is 4.29. The number of nitrogens with zero attached hydrogens (tertiary/aromatic N) is 2. The Hall–Kier alpha value is -1.51. The van der Waals surface area contributed by atoms with Gasteiger partial charge in [0.1, 0.15) is 5.75 Å². The summed E-state index contributed by atoms with van der Waals surface area (Å²) >= 11 is 0. The number of fused-ring (bicyclic) bond motifs is 1. The van der Waals surface area contributed by atoms with Crippen molar-refractivity contribution in [1.82, 2.24) is 9.55 Å². The van der Waals surface area contributed by atoms with E-state index in [0.29, 0.717) is 0 Å². The van der Waals surface area contributed by atoms with Gasteiger partial charge in [-0.05, 0) is 25.5 Å². The molecule has 1 heterocycles. The van der Waals surface area contributed by atoms with Gasteiger partial charge in [-0.15, -0.1) is 0 Å². The lowest BCUT2D eigenvalue weighted by atomic mass is 10.3. The van der Waals surface area contributed by atoms with Crippen molar-refractivity contribution in [2.45, 2.75) is 26.4 Å². The van der Waals surface area contributed by atoms with E-state index >= 15 is 0 Å². The van der Waals surface area contributed by atoms with Crippen LogP contribution in [0.2, 0.25) is 0 Å². The number of benzene rings is 1. The minimum Gasteiger partial charge on any atom is -0.491 e. The molecule has 1 aromatic carbocycles. The molecule has 3 heteroatoms. The first-order valence-corrected chi connectivity index (χ1v) is 5.28. The lowest BCUT2D eigenvalue weighted by Crippen LogP contribution is -2.09. The molecular formula is C12H16N2O. The fraction of sp³-hybridized carbons (Fsp3) is 0.417. The second kappa shape index (κ2) is 3.93. The largest absolute Gasteiger partial charge is 0.491 e. The Morgan fingerprint density at radius 2 is 2.27 bits per heavy atom. The minimum absolute atomic E-state index is 0.256. The normalized spacial score (nSPS) is 13.0. The smallest absolute Gasteiger partial charge is 0.122 e. The van der Waals surface area contributed by atoms with E-state index in [2.05, 4.69) is 18.8 Å². The monoisotopic (exact) mass is 204 g/mol. The Balaban J connectivity index is 2.31. The van der Waals surface area contributed by atoms with Crippen LogP contribution in [-0.2, 0) is 7.05 Å². The molecule has 0 saturated heterocycles. The van der Waals surface area contributed by atoms with Crippen molar-refractivity contribution in [3.8, 4) is 5.75 Å². The first-order valence-electron chi connectivity index (χ1n) is 5.28. The molecule has 0 N–H and O–H groups in total. The van der Waals surface area contributed by atoms with Crippen LogP contribution in [0.4, 0.5) is 0 Å². The third-order valence-electron chi connectivity index (χ3n) is 2.61. The Kier molecular flexibility index (Phi) is 2.62. The molecule has 0 amide bonds. The van der Waals surface area contributed by atoms with Crippen LogP contribution in [0, 0.1) is 0 Å². The number of hydrogen-bond donors (Lipinski definition) is 0. The second-order valence-electron chi connectivity index (χ2n) is 3.84. The van der Waals surface area contributed by atoms with Crippen LogP contribution in [0.25, 0.3) is 11.0 Å².